The minimum Gasteiger partial charge on any atom is -0.459 e. The van der Waals surface area contributed by atoms with E-state index in [0.29, 0.717) is 27.3 Å². The molecule has 0 aliphatic heterocycles. The molecule has 1 heterocycles. The van der Waals surface area contributed by atoms with E-state index in [1.807, 2.05) is 12.1 Å². The van der Waals surface area contributed by atoms with Gasteiger partial charge in [0.2, 0.25) is 11.1 Å². The van der Waals surface area contributed by atoms with Crippen molar-refractivity contribution in [3.8, 4) is 11.4 Å². The number of rotatable bonds is 7. The molecule has 0 saturated carbocycles. The number of ether oxygens (including phenoxy) is 1. The Kier molecular flexibility index (Phi) is 6.90. The maximum Gasteiger partial charge on any atom is 0.340 e. The number of anilines is 1. The quantitative estimate of drug-likeness (QED) is 0.425. The van der Waals surface area contributed by atoms with Gasteiger partial charge < -0.3 is 10.1 Å². The largest absolute Gasteiger partial charge is 0.459 e. The van der Waals surface area contributed by atoms with Crippen molar-refractivity contribution in [1.82, 2.24) is 15.2 Å². The first kappa shape index (κ1) is 20.9. The first-order chi connectivity index (χ1) is 13.9. The maximum atomic E-state index is 12.3. The van der Waals surface area contributed by atoms with Gasteiger partial charge >= 0.3 is 5.97 Å². The molecule has 0 bridgehead atoms. The molecule has 0 aliphatic carbocycles. The number of esters is 1. The third-order valence-electron chi connectivity index (χ3n) is 3.68. The van der Waals surface area contributed by atoms with E-state index in [-0.39, 0.29) is 17.8 Å². The third-order valence-corrected chi connectivity index (χ3v) is 4.78. The van der Waals surface area contributed by atoms with E-state index in [4.69, 9.17) is 16.3 Å². The average Bonchev–Trinajstić information content (AvgIpc) is 3.16. The van der Waals surface area contributed by atoms with Crippen LogP contribution in [0.2, 0.25) is 5.02 Å². The zero-order valence-electron chi connectivity index (χ0n) is 15.8. The molecule has 0 fully saturated rings. The smallest absolute Gasteiger partial charge is 0.340 e. The highest BCUT2D eigenvalue weighted by atomic mass is 35.5. The summed E-state index contributed by atoms with van der Waals surface area (Å²) >= 11 is 7.07. The molecule has 0 unspecified atom stereocenters. The van der Waals surface area contributed by atoms with Gasteiger partial charge in [-0.05, 0) is 50.2 Å². The summed E-state index contributed by atoms with van der Waals surface area (Å²) in [6, 6.07) is 13.9. The number of halogens is 1. The summed E-state index contributed by atoms with van der Waals surface area (Å²) in [5.74, 6) is -0.0833. The summed E-state index contributed by atoms with van der Waals surface area (Å²) in [5, 5.41) is 10.8. The molecule has 9 heteroatoms. The lowest BCUT2D eigenvalue weighted by atomic mass is 10.2. The number of nitrogens with zero attached hydrogens (tertiary/aromatic N) is 2. The number of benzene rings is 2. The van der Waals surface area contributed by atoms with Crippen LogP contribution < -0.4 is 5.32 Å². The van der Waals surface area contributed by atoms with E-state index in [1.165, 1.54) is 11.8 Å². The van der Waals surface area contributed by atoms with Crippen molar-refractivity contribution in [2.24, 2.45) is 0 Å². The van der Waals surface area contributed by atoms with Crippen LogP contribution in [0.1, 0.15) is 24.2 Å². The van der Waals surface area contributed by atoms with Crippen LogP contribution >= 0.6 is 23.4 Å². The summed E-state index contributed by atoms with van der Waals surface area (Å²) in [6.07, 6.45) is -0.248. The Morgan fingerprint density at radius 2 is 1.90 bits per heavy atom. The predicted molar refractivity (Wildman–Crippen MR) is 113 cm³/mol. The number of aromatic amines is 1. The van der Waals surface area contributed by atoms with Gasteiger partial charge in [-0.1, -0.05) is 35.5 Å². The number of hydrogen-bond donors (Lipinski definition) is 2. The second-order valence-corrected chi connectivity index (χ2v) is 7.69. The molecular weight excluding hydrogens is 412 g/mol. The van der Waals surface area contributed by atoms with Gasteiger partial charge in [-0.3, -0.25) is 9.89 Å². The highest BCUT2D eigenvalue weighted by molar-refractivity contribution is 7.99. The normalized spacial score (nSPS) is 10.8. The van der Waals surface area contributed by atoms with Crippen molar-refractivity contribution < 1.29 is 14.3 Å². The van der Waals surface area contributed by atoms with Gasteiger partial charge in [0.15, 0.2) is 5.82 Å². The fraction of sp³-hybridized carbons (Fsp3) is 0.200. The zero-order chi connectivity index (χ0) is 20.8. The summed E-state index contributed by atoms with van der Waals surface area (Å²) in [6.45, 7) is 3.54. The van der Waals surface area contributed by atoms with E-state index in [1.54, 1.807) is 50.2 Å². The van der Waals surface area contributed by atoms with Crippen LogP contribution in [0.15, 0.2) is 53.7 Å². The Bertz CT molecular complexity index is 1000. The zero-order valence-corrected chi connectivity index (χ0v) is 17.4. The van der Waals surface area contributed by atoms with E-state index in [9.17, 15) is 9.59 Å². The Hall–Kier alpha value is -2.84. The fourth-order valence-electron chi connectivity index (χ4n) is 2.41. The first-order valence-electron chi connectivity index (χ1n) is 8.83. The van der Waals surface area contributed by atoms with Crippen molar-refractivity contribution in [1.29, 1.82) is 0 Å². The van der Waals surface area contributed by atoms with E-state index >= 15 is 0 Å². The molecule has 1 amide bonds. The van der Waals surface area contributed by atoms with Crippen LogP contribution in [0.25, 0.3) is 11.4 Å². The van der Waals surface area contributed by atoms with Crippen molar-refractivity contribution in [2.75, 3.05) is 11.1 Å². The lowest BCUT2D eigenvalue weighted by Gasteiger charge is -2.12. The number of hydrogen-bond acceptors (Lipinski definition) is 6. The number of thioether (sulfide) groups is 1. The Balaban J connectivity index is 1.60. The van der Waals surface area contributed by atoms with Gasteiger partial charge in [0.1, 0.15) is 0 Å². The molecular formula is C20H19ClN4O3S. The molecule has 2 N–H and O–H groups in total. The molecule has 0 atom stereocenters. The maximum absolute atomic E-state index is 12.3. The number of nitrogens with one attached hydrogen (secondary N) is 2. The van der Waals surface area contributed by atoms with Crippen LogP contribution in [0, 0.1) is 0 Å². The Morgan fingerprint density at radius 3 is 2.62 bits per heavy atom. The second kappa shape index (κ2) is 9.58. The van der Waals surface area contributed by atoms with Crippen LogP contribution in [-0.4, -0.2) is 38.9 Å². The second-order valence-electron chi connectivity index (χ2n) is 6.31. The lowest BCUT2D eigenvalue weighted by molar-refractivity contribution is -0.113. The van der Waals surface area contributed by atoms with E-state index in [0.717, 1.165) is 5.56 Å². The predicted octanol–water partition coefficient (Wildman–Crippen LogP) is 4.42. The van der Waals surface area contributed by atoms with Crippen molar-refractivity contribution in [2.45, 2.75) is 25.1 Å². The monoisotopic (exact) mass is 430 g/mol. The highest BCUT2D eigenvalue weighted by Crippen LogP contribution is 2.22. The SMILES string of the molecule is CC(C)OC(=O)c1ccccc1NC(=O)CSc1n[nH]c(-c2ccc(Cl)cc2)n1. The van der Waals surface area contributed by atoms with Gasteiger partial charge in [0, 0.05) is 10.6 Å². The summed E-state index contributed by atoms with van der Waals surface area (Å²) in [5.41, 5.74) is 1.55. The van der Waals surface area contributed by atoms with Crippen molar-refractivity contribution in [3.63, 3.8) is 0 Å². The molecule has 150 valence electrons. The molecule has 0 radical (unpaired) electrons. The number of carbonyl (C=O) groups excluding carboxylic acids is 2. The van der Waals surface area contributed by atoms with Crippen molar-refractivity contribution >= 4 is 40.9 Å². The molecule has 3 aromatic rings. The standard InChI is InChI=1S/C20H19ClN4O3S/c1-12(2)28-19(27)15-5-3-4-6-16(15)22-17(26)11-29-20-23-18(24-25-20)13-7-9-14(21)10-8-13/h3-10,12H,11H2,1-2H3,(H,22,26)(H,23,24,25). The number of amides is 1. The average molecular weight is 431 g/mol. The molecule has 1 aromatic heterocycles. The van der Waals surface area contributed by atoms with Crippen LogP contribution in [0.5, 0.6) is 0 Å². The molecule has 7 nitrogen and oxygen atoms in total. The lowest BCUT2D eigenvalue weighted by Crippen LogP contribution is -2.18. The number of para-hydroxylation sites is 1. The first-order valence-corrected chi connectivity index (χ1v) is 10.2. The molecule has 0 aliphatic rings. The molecule has 3 rings (SSSR count). The molecule has 0 saturated heterocycles. The van der Waals surface area contributed by atoms with Crippen LogP contribution in [-0.2, 0) is 9.53 Å². The summed E-state index contributed by atoms with van der Waals surface area (Å²) in [7, 11) is 0. The van der Waals surface area contributed by atoms with Gasteiger partial charge in [-0.25, -0.2) is 9.78 Å². The van der Waals surface area contributed by atoms with E-state index < -0.39 is 5.97 Å². The molecule has 29 heavy (non-hydrogen) atoms. The summed E-state index contributed by atoms with van der Waals surface area (Å²) < 4.78 is 5.21. The Labute approximate surface area is 177 Å². The molecule has 2 aromatic carbocycles. The number of aromatic nitrogens is 3. The van der Waals surface area contributed by atoms with Gasteiger partial charge in [0.05, 0.1) is 23.1 Å². The summed E-state index contributed by atoms with van der Waals surface area (Å²) in [4.78, 5) is 28.9. The van der Waals surface area contributed by atoms with Crippen molar-refractivity contribution in [3.05, 3.63) is 59.1 Å². The number of carbonyl (C=O) groups is 2. The Morgan fingerprint density at radius 1 is 1.17 bits per heavy atom. The van der Waals surface area contributed by atoms with Crippen LogP contribution in [0.3, 0.4) is 0 Å². The minimum atomic E-state index is -0.481. The highest BCUT2D eigenvalue weighted by Gasteiger charge is 2.16. The van der Waals surface area contributed by atoms with Gasteiger partial charge in [-0.2, -0.15) is 0 Å². The minimum absolute atomic E-state index is 0.0888. The van der Waals surface area contributed by atoms with Gasteiger partial charge in [-0.15, -0.1) is 5.10 Å². The number of H-pyrrole nitrogens is 1. The van der Waals surface area contributed by atoms with Gasteiger partial charge in [0.25, 0.3) is 0 Å². The van der Waals surface area contributed by atoms with E-state index in [2.05, 4.69) is 20.5 Å². The topological polar surface area (TPSA) is 97.0 Å². The molecule has 0 spiro atoms. The van der Waals surface area contributed by atoms with Crippen LogP contribution in [0.4, 0.5) is 5.69 Å². The fourth-order valence-corrected chi connectivity index (χ4v) is 3.14. The third kappa shape index (κ3) is 5.82.